The zero-order chi connectivity index (χ0) is 15.4. The number of rotatable bonds is 1. The van der Waals surface area contributed by atoms with Crippen LogP contribution in [0.2, 0.25) is 0 Å². The van der Waals surface area contributed by atoms with Crippen LogP contribution in [0.3, 0.4) is 0 Å². The molecule has 2 N–H and O–H groups in total. The van der Waals surface area contributed by atoms with Crippen molar-refractivity contribution in [3.8, 4) is 5.75 Å². The molecule has 0 spiro atoms. The van der Waals surface area contributed by atoms with Crippen molar-refractivity contribution in [3.05, 3.63) is 70.4 Å². The Morgan fingerprint density at radius 2 is 2.00 bits per heavy atom. The molecule has 0 fully saturated rings. The van der Waals surface area contributed by atoms with Crippen molar-refractivity contribution in [2.45, 2.75) is 18.9 Å². The number of hydrogen-bond acceptors (Lipinski definition) is 3. The molecule has 0 saturated carbocycles. The van der Waals surface area contributed by atoms with Crippen LogP contribution in [0.1, 0.15) is 22.7 Å². The first kappa shape index (κ1) is 12.8. The number of fused-ring (bicyclic) bond motifs is 2. The van der Waals surface area contributed by atoms with E-state index < -0.39 is 0 Å². The molecule has 1 atom stereocenters. The number of anilines is 1. The highest BCUT2D eigenvalue weighted by Crippen LogP contribution is 2.39. The van der Waals surface area contributed by atoms with Crippen LogP contribution in [0.5, 0.6) is 5.75 Å². The van der Waals surface area contributed by atoms with Gasteiger partial charge in [-0.3, -0.25) is 4.79 Å². The third-order valence-electron chi connectivity index (χ3n) is 4.86. The molecule has 4 nitrogen and oxygen atoms in total. The van der Waals surface area contributed by atoms with Crippen molar-refractivity contribution in [1.29, 1.82) is 0 Å². The van der Waals surface area contributed by atoms with Crippen LogP contribution in [0.4, 0.5) is 5.69 Å². The first-order valence-electron chi connectivity index (χ1n) is 7.94. The van der Waals surface area contributed by atoms with E-state index in [1.54, 1.807) is 0 Å². The Hall–Kier alpha value is -2.75. The van der Waals surface area contributed by atoms with E-state index >= 15 is 0 Å². The number of benzene rings is 2. The molecule has 3 aliphatic heterocycles. The van der Waals surface area contributed by atoms with Crippen molar-refractivity contribution in [2.24, 2.45) is 0 Å². The van der Waals surface area contributed by atoms with Gasteiger partial charge in [0.25, 0.3) is 0 Å². The van der Waals surface area contributed by atoms with E-state index in [1.165, 1.54) is 11.1 Å². The van der Waals surface area contributed by atoms with Gasteiger partial charge in [0.1, 0.15) is 5.75 Å². The largest absolute Gasteiger partial charge is 0.493 e. The van der Waals surface area contributed by atoms with E-state index in [2.05, 4.69) is 28.8 Å². The number of nitrogens with one attached hydrogen (secondary N) is 2. The number of amides is 1. The molecule has 114 valence electrons. The zero-order valence-electron chi connectivity index (χ0n) is 12.6. The molecule has 1 amide bonds. The molecule has 3 heterocycles. The van der Waals surface area contributed by atoms with E-state index in [4.69, 9.17) is 4.74 Å². The van der Waals surface area contributed by atoms with E-state index in [1.807, 2.05) is 24.3 Å². The van der Waals surface area contributed by atoms with Crippen LogP contribution in [-0.2, 0) is 17.6 Å². The van der Waals surface area contributed by atoms with Gasteiger partial charge >= 0.3 is 0 Å². The van der Waals surface area contributed by atoms with Gasteiger partial charge in [0.15, 0.2) is 0 Å². The van der Waals surface area contributed by atoms with Crippen molar-refractivity contribution in [3.63, 3.8) is 0 Å². The van der Waals surface area contributed by atoms with Crippen LogP contribution in [0.25, 0.3) is 0 Å². The number of carbonyl (C=O) groups is 1. The van der Waals surface area contributed by atoms with Crippen LogP contribution < -0.4 is 15.4 Å². The fourth-order valence-corrected chi connectivity index (χ4v) is 3.68. The molecule has 0 aromatic heterocycles. The highest BCUT2D eigenvalue weighted by Gasteiger charge is 2.36. The predicted molar refractivity (Wildman–Crippen MR) is 87.3 cm³/mol. The number of carbonyl (C=O) groups excluding carboxylic acids is 1. The Kier molecular flexibility index (Phi) is 2.56. The molecule has 0 bridgehead atoms. The van der Waals surface area contributed by atoms with Crippen molar-refractivity contribution < 1.29 is 9.53 Å². The van der Waals surface area contributed by atoms with Crippen molar-refractivity contribution in [1.82, 2.24) is 5.32 Å². The summed E-state index contributed by atoms with van der Waals surface area (Å²) < 4.78 is 5.58. The summed E-state index contributed by atoms with van der Waals surface area (Å²) >= 11 is 0. The molecule has 0 radical (unpaired) electrons. The van der Waals surface area contributed by atoms with E-state index in [0.29, 0.717) is 6.42 Å². The van der Waals surface area contributed by atoms with Crippen LogP contribution in [0, 0.1) is 0 Å². The molecule has 2 aromatic carbocycles. The van der Waals surface area contributed by atoms with Gasteiger partial charge in [-0.15, -0.1) is 0 Å². The zero-order valence-corrected chi connectivity index (χ0v) is 12.6. The molecule has 0 unspecified atom stereocenters. The summed E-state index contributed by atoms with van der Waals surface area (Å²) in [6.45, 7) is 0.745. The summed E-state index contributed by atoms with van der Waals surface area (Å²) in [5.41, 5.74) is 6.45. The highest BCUT2D eigenvalue weighted by atomic mass is 16.5. The minimum atomic E-state index is -0.100. The maximum absolute atomic E-state index is 12.4. The maximum Gasteiger partial charge on any atom is 0.250 e. The summed E-state index contributed by atoms with van der Waals surface area (Å²) in [4.78, 5) is 12.4. The number of para-hydroxylation sites is 1. The third-order valence-corrected chi connectivity index (χ3v) is 4.86. The van der Waals surface area contributed by atoms with Gasteiger partial charge in [-0.05, 0) is 34.9 Å². The van der Waals surface area contributed by atoms with Crippen LogP contribution >= 0.6 is 0 Å². The minimum Gasteiger partial charge on any atom is -0.493 e. The minimum absolute atomic E-state index is 0.0313. The Morgan fingerprint density at radius 1 is 1.09 bits per heavy atom. The summed E-state index contributed by atoms with van der Waals surface area (Å²) in [7, 11) is 0. The number of ether oxygens (including phenoxy) is 1. The van der Waals surface area contributed by atoms with Gasteiger partial charge in [0, 0.05) is 24.1 Å². The Balaban J connectivity index is 1.56. The topological polar surface area (TPSA) is 50.4 Å². The fraction of sp³-hybridized carbons (Fsp3) is 0.211. The van der Waals surface area contributed by atoms with Gasteiger partial charge in [-0.2, -0.15) is 0 Å². The molecule has 4 heteroatoms. The van der Waals surface area contributed by atoms with E-state index in [9.17, 15) is 4.79 Å². The first-order chi connectivity index (χ1) is 11.3. The Bertz CT molecular complexity index is 869. The average molecular weight is 304 g/mol. The maximum atomic E-state index is 12.4. The van der Waals surface area contributed by atoms with Crippen molar-refractivity contribution >= 4 is 11.6 Å². The number of hydrogen-bond donors (Lipinski definition) is 2. The Morgan fingerprint density at radius 3 is 2.96 bits per heavy atom. The third kappa shape index (κ3) is 1.88. The monoisotopic (exact) mass is 304 g/mol. The lowest BCUT2D eigenvalue weighted by Gasteiger charge is -2.23. The molecule has 3 aliphatic rings. The quantitative estimate of drug-likeness (QED) is 0.851. The molecule has 5 rings (SSSR count). The molecule has 0 saturated heterocycles. The highest BCUT2D eigenvalue weighted by molar-refractivity contribution is 6.00. The second kappa shape index (κ2) is 4.62. The lowest BCUT2D eigenvalue weighted by molar-refractivity contribution is -0.117. The predicted octanol–water partition coefficient (Wildman–Crippen LogP) is 2.71. The standard InChI is InChI=1S/C19H16N2O2/c22-19-14-10-11-3-1-2-4-15(11)20-18(14)17(21-19)13-5-6-16-12(9-13)7-8-23-16/h1-6,9,17,20H,7-8,10H2,(H,21,22)/t17-/m1/s1. The van der Waals surface area contributed by atoms with Gasteiger partial charge in [0.05, 0.1) is 18.3 Å². The smallest absolute Gasteiger partial charge is 0.250 e. The molecule has 2 aromatic rings. The van der Waals surface area contributed by atoms with E-state index in [-0.39, 0.29) is 11.9 Å². The second-order valence-electron chi connectivity index (χ2n) is 6.22. The summed E-state index contributed by atoms with van der Waals surface area (Å²) in [6, 6.07) is 14.3. The summed E-state index contributed by atoms with van der Waals surface area (Å²) in [5, 5.41) is 6.59. The Labute approximate surface area is 134 Å². The lowest BCUT2D eigenvalue weighted by atomic mass is 9.94. The van der Waals surface area contributed by atoms with Gasteiger partial charge < -0.3 is 15.4 Å². The SMILES string of the molecule is O=C1N[C@H](c2ccc3c(c2)CCO3)C2=C1Cc1ccccc1N2. The average Bonchev–Trinajstić information content (AvgIpc) is 3.17. The van der Waals surface area contributed by atoms with Gasteiger partial charge in [0.2, 0.25) is 5.91 Å². The fourth-order valence-electron chi connectivity index (χ4n) is 3.68. The summed E-state index contributed by atoms with van der Waals surface area (Å²) in [5.74, 6) is 0.998. The van der Waals surface area contributed by atoms with E-state index in [0.717, 1.165) is 41.3 Å². The van der Waals surface area contributed by atoms with Crippen LogP contribution in [0.15, 0.2) is 53.7 Å². The second-order valence-corrected chi connectivity index (χ2v) is 6.22. The molecular weight excluding hydrogens is 288 g/mol. The van der Waals surface area contributed by atoms with Crippen molar-refractivity contribution in [2.75, 3.05) is 11.9 Å². The van der Waals surface area contributed by atoms with Crippen LogP contribution in [-0.4, -0.2) is 12.5 Å². The normalized spacial score (nSPS) is 21.0. The molecule has 0 aliphatic carbocycles. The van der Waals surface area contributed by atoms with Gasteiger partial charge in [-0.25, -0.2) is 0 Å². The molecule has 23 heavy (non-hydrogen) atoms. The van der Waals surface area contributed by atoms with Gasteiger partial charge in [-0.1, -0.05) is 24.3 Å². The lowest BCUT2D eigenvalue weighted by Crippen LogP contribution is -2.23. The summed E-state index contributed by atoms with van der Waals surface area (Å²) in [6.07, 6.45) is 1.63. The first-order valence-corrected chi connectivity index (χ1v) is 7.94. The molecular formula is C19H16N2O2.